The van der Waals surface area contributed by atoms with Crippen LogP contribution in [0.2, 0.25) is 10.0 Å². The Bertz CT molecular complexity index is 1200. The molecule has 0 aromatic heterocycles. The van der Waals surface area contributed by atoms with Crippen LogP contribution in [0.15, 0.2) is 42.5 Å². The summed E-state index contributed by atoms with van der Waals surface area (Å²) in [6, 6.07) is 13.4. The fourth-order valence-corrected chi connectivity index (χ4v) is 6.99. The second-order valence-electron chi connectivity index (χ2n) is 11.3. The van der Waals surface area contributed by atoms with Crippen LogP contribution >= 0.6 is 23.2 Å². The summed E-state index contributed by atoms with van der Waals surface area (Å²) in [7, 11) is 1.67. The highest BCUT2D eigenvalue weighted by molar-refractivity contribution is 6.42. The lowest BCUT2D eigenvalue weighted by Gasteiger charge is -2.59. The molecule has 38 heavy (non-hydrogen) atoms. The molecular formula is C30H36Cl2N2O4. The van der Waals surface area contributed by atoms with Gasteiger partial charge < -0.3 is 14.8 Å². The van der Waals surface area contributed by atoms with Crippen LogP contribution in [0.25, 0.3) is 0 Å². The number of hydrogen-bond acceptors (Lipinski definition) is 5. The van der Waals surface area contributed by atoms with Crippen molar-refractivity contribution in [3.63, 3.8) is 0 Å². The van der Waals surface area contributed by atoms with Crippen LogP contribution < -0.4 is 10.1 Å². The largest absolute Gasteiger partial charge is 0.497 e. The SMILES string of the molecule is COc1cccc([C@@]23CCN(CC4CC4)C[C@@]2(OC(C)=O)CC[C@H](NC(=O)Cc2ccc(Cl)c(Cl)c2)C3)c1. The van der Waals surface area contributed by atoms with Crippen molar-refractivity contribution in [2.24, 2.45) is 5.92 Å². The van der Waals surface area contributed by atoms with Crippen molar-refractivity contribution in [3.05, 3.63) is 63.6 Å². The molecule has 1 aliphatic heterocycles. The van der Waals surface area contributed by atoms with E-state index in [4.69, 9.17) is 32.7 Å². The van der Waals surface area contributed by atoms with Crippen LogP contribution in [-0.2, 0) is 26.2 Å². The zero-order valence-corrected chi connectivity index (χ0v) is 23.6. The van der Waals surface area contributed by atoms with Crippen LogP contribution in [-0.4, -0.2) is 55.2 Å². The van der Waals surface area contributed by atoms with Crippen molar-refractivity contribution in [2.45, 2.75) is 68.9 Å². The summed E-state index contributed by atoms with van der Waals surface area (Å²) in [4.78, 5) is 28.2. The normalized spacial score (nSPS) is 27.3. The van der Waals surface area contributed by atoms with E-state index in [0.717, 1.165) is 48.7 Å². The van der Waals surface area contributed by atoms with Crippen LogP contribution in [0, 0.1) is 5.92 Å². The number of carbonyl (C=O) groups excluding carboxylic acids is 2. The molecule has 5 rings (SSSR count). The molecule has 3 aliphatic rings. The molecule has 2 aromatic rings. The summed E-state index contributed by atoms with van der Waals surface area (Å²) in [6.45, 7) is 4.21. The number of ether oxygens (including phenoxy) is 2. The Morgan fingerprint density at radius 1 is 1.08 bits per heavy atom. The van der Waals surface area contributed by atoms with Crippen LogP contribution in [0.3, 0.4) is 0 Å². The summed E-state index contributed by atoms with van der Waals surface area (Å²) in [5.41, 5.74) is 0.821. The van der Waals surface area contributed by atoms with Gasteiger partial charge in [-0.05, 0) is 86.4 Å². The van der Waals surface area contributed by atoms with Gasteiger partial charge in [-0.15, -0.1) is 0 Å². The van der Waals surface area contributed by atoms with Gasteiger partial charge in [-0.3, -0.25) is 14.5 Å². The third kappa shape index (κ3) is 5.68. The van der Waals surface area contributed by atoms with Gasteiger partial charge in [0.2, 0.25) is 5.91 Å². The lowest BCUT2D eigenvalue weighted by Crippen LogP contribution is -2.68. The minimum Gasteiger partial charge on any atom is -0.497 e. The molecule has 8 heteroatoms. The molecule has 0 radical (unpaired) electrons. The van der Waals surface area contributed by atoms with E-state index >= 15 is 0 Å². The van der Waals surface area contributed by atoms with Crippen LogP contribution in [0.4, 0.5) is 0 Å². The number of esters is 1. The predicted molar refractivity (Wildman–Crippen MR) is 149 cm³/mol. The first-order chi connectivity index (χ1) is 18.2. The van der Waals surface area contributed by atoms with Gasteiger partial charge in [0, 0.05) is 31.5 Å². The lowest BCUT2D eigenvalue weighted by atomic mass is 9.55. The van der Waals surface area contributed by atoms with Crippen molar-refractivity contribution in [2.75, 3.05) is 26.7 Å². The summed E-state index contributed by atoms with van der Waals surface area (Å²) < 4.78 is 11.9. The van der Waals surface area contributed by atoms with Crippen molar-refractivity contribution < 1.29 is 19.1 Å². The van der Waals surface area contributed by atoms with Crippen molar-refractivity contribution in [1.29, 1.82) is 0 Å². The van der Waals surface area contributed by atoms with E-state index in [1.165, 1.54) is 19.8 Å². The first-order valence-corrected chi connectivity index (χ1v) is 14.3. The summed E-state index contributed by atoms with van der Waals surface area (Å²) >= 11 is 12.2. The monoisotopic (exact) mass is 558 g/mol. The zero-order valence-electron chi connectivity index (χ0n) is 22.1. The number of fused-ring (bicyclic) bond motifs is 1. The Balaban J connectivity index is 1.43. The molecule has 2 aromatic carbocycles. The Labute approximate surface area is 235 Å². The second-order valence-corrected chi connectivity index (χ2v) is 12.1. The zero-order chi connectivity index (χ0) is 26.9. The number of methoxy groups -OCH3 is 1. The molecule has 1 amide bonds. The number of nitrogens with zero attached hydrogens (tertiary/aromatic N) is 1. The molecule has 3 atom stereocenters. The van der Waals surface area contributed by atoms with Gasteiger partial charge >= 0.3 is 5.97 Å². The Morgan fingerprint density at radius 2 is 1.89 bits per heavy atom. The molecule has 2 aliphatic carbocycles. The number of benzene rings is 2. The number of rotatable bonds is 8. The Hall–Kier alpha value is -2.28. The van der Waals surface area contributed by atoms with Gasteiger partial charge in [0.05, 0.1) is 23.6 Å². The van der Waals surface area contributed by atoms with Crippen LogP contribution in [0.5, 0.6) is 5.75 Å². The molecule has 0 bridgehead atoms. The van der Waals surface area contributed by atoms with Gasteiger partial charge in [-0.2, -0.15) is 0 Å². The summed E-state index contributed by atoms with van der Waals surface area (Å²) in [5.74, 6) is 1.22. The number of halogens is 2. The topological polar surface area (TPSA) is 67.9 Å². The van der Waals surface area contributed by atoms with E-state index in [1.807, 2.05) is 18.2 Å². The van der Waals surface area contributed by atoms with Crippen molar-refractivity contribution in [1.82, 2.24) is 10.2 Å². The van der Waals surface area contributed by atoms with Crippen LogP contribution in [0.1, 0.15) is 56.6 Å². The fraction of sp³-hybridized carbons (Fsp3) is 0.533. The van der Waals surface area contributed by atoms with Gasteiger partial charge in [-0.25, -0.2) is 0 Å². The summed E-state index contributed by atoms with van der Waals surface area (Å²) in [6.07, 6.45) is 5.75. The number of piperidine rings is 1. The van der Waals surface area contributed by atoms with E-state index in [1.54, 1.807) is 19.2 Å². The quantitative estimate of drug-likeness (QED) is 0.429. The second kappa shape index (κ2) is 11.1. The molecule has 6 nitrogen and oxygen atoms in total. The first-order valence-electron chi connectivity index (χ1n) is 13.5. The predicted octanol–water partition coefficient (Wildman–Crippen LogP) is 5.57. The average molecular weight is 560 g/mol. The third-order valence-electron chi connectivity index (χ3n) is 8.59. The maximum atomic E-state index is 13.1. The lowest BCUT2D eigenvalue weighted by molar-refractivity contribution is -0.187. The van der Waals surface area contributed by atoms with Crippen molar-refractivity contribution in [3.8, 4) is 5.75 Å². The molecule has 1 saturated heterocycles. The maximum Gasteiger partial charge on any atom is 0.303 e. The number of nitrogens with one attached hydrogen (secondary N) is 1. The molecule has 3 fully saturated rings. The number of likely N-dealkylation sites (tertiary alicyclic amines) is 1. The van der Waals surface area contributed by atoms with E-state index < -0.39 is 11.0 Å². The molecule has 2 saturated carbocycles. The standard InChI is InChI=1S/C30H36Cl2N2O4/c1-20(35)38-30-11-10-24(33-28(36)15-22-8-9-26(31)27(32)14-22)17-29(30,23-4-3-5-25(16-23)37-2)12-13-34(19-30)18-21-6-7-21/h3-5,8-9,14,16,21,24H,6-7,10-13,15,17-19H2,1-2H3,(H,33,36)/t24-,29-,30-/m0/s1. The molecular weight excluding hydrogens is 523 g/mol. The first kappa shape index (κ1) is 27.3. The molecule has 0 spiro atoms. The smallest absolute Gasteiger partial charge is 0.303 e. The molecule has 1 N–H and O–H groups in total. The average Bonchev–Trinajstić information content (AvgIpc) is 3.70. The Morgan fingerprint density at radius 3 is 2.61 bits per heavy atom. The van der Waals surface area contributed by atoms with Gasteiger partial charge in [0.1, 0.15) is 11.4 Å². The highest BCUT2D eigenvalue weighted by Gasteiger charge is 2.61. The molecule has 204 valence electrons. The summed E-state index contributed by atoms with van der Waals surface area (Å²) in [5, 5.41) is 4.19. The van der Waals surface area contributed by atoms with E-state index in [0.29, 0.717) is 29.4 Å². The van der Waals surface area contributed by atoms with E-state index in [2.05, 4.69) is 22.3 Å². The third-order valence-corrected chi connectivity index (χ3v) is 9.33. The van der Waals surface area contributed by atoms with Gasteiger partial charge in [0.15, 0.2) is 0 Å². The van der Waals surface area contributed by atoms with Crippen molar-refractivity contribution >= 4 is 35.1 Å². The minimum atomic E-state index is -0.663. The highest BCUT2D eigenvalue weighted by atomic mass is 35.5. The number of amides is 1. The minimum absolute atomic E-state index is 0.0462. The highest BCUT2D eigenvalue weighted by Crippen LogP contribution is 2.54. The van der Waals surface area contributed by atoms with E-state index in [-0.39, 0.29) is 24.3 Å². The van der Waals surface area contributed by atoms with Gasteiger partial charge in [0.25, 0.3) is 0 Å². The Kier molecular flexibility index (Phi) is 7.95. The van der Waals surface area contributed by atoms with E-state index in [9.17, 15) is 9.59 Å². The maximum absolute atomic E-state index is 13.1. The molecule has 0 unspecified atom stereocenters. The molecule has 1 heterocycles. The van der Waals surface area contributed by atoms with Gasteiger partial charge in [-0.1, -0.05) is 41.4 Å². The fourth-order valence-electron chi connectivity index (χ4n) is 6.67. The number of hydrogen-bond donors (Lipinski definition) is 1. The number of carbonyl (C=O) groups is 2.